The van der Waals surface area contributed by atoms with Crippen molar-refractivity contribution in [1.29, 1.82) is 0 Å². The van der Waals surface area contributed by atoms with E-state index >= 15 is 0 Å². The summed E-state index contributed by atoms with van der Waals surface area (Å²) >= 11 is 0. The minimum atomic E-state index is -4.44. The maximum absolute atomic E-state index is 11.7. The van der Waals surface area contributed by atoms with Crippen molar-refractivity contribution in [3.05, 3.63) is 0 Å². The Kier molecular flexibility index (Phi) is 9.17. The number of hydrogen-bond acceptors (Lipinski definition) is 2. The van der Waals surface area contributed by atoms with Crippen LogP contribution in [0.15, 0.2) is 0 Å². The van der Waals surface area contributed by atoms with Gasteiger partial charge in [0.1, 0.15) is 0 Å². The number of halogens is 3. The Morgan fingerprint density at radius 3 is 2.17 bits per heavy atom. The molecular weight excluding hydrogens is 245 g/mol. The summed E-state index contributed by atoms with van der Waals surface area (Å²) in [5, 5.41) is 0. The molecule has 2 nitrogen and oxygen atoms in total. The van der Waals surface area contributed by atoms with Gasteiger partial charge in [-0.2, -0.15) is 13.2 Å². The van der Waals surface area contributed by atoms with E-state index in [-0.39, 0.29) is 6.42 Å². The molecule has 0 aliphatic carbocycles. The maximum Gasteiger partial charge on any atom is 0.422 e. The molecule has 0 aliphatic heterocycles. The zero-order valence-electron chi connectivity index (χ0n) is 10.4. The Morgan fingerprint density at radius 1 is 1.06 bits per heavy atom. The normalized spacial score (nSPS) is 11.0. The Balaban J connectivity index is 3.28. The van der Waals surface area contributed by atoms with Gasteiger partial charge < -0.3 is 4.74 Å². The zero-order chi connectivity index (χ0) is 13.9. The molecule has 0 atom stereocenters. The molecule has 0 aromatic heterocycles. The van der Waals surface area contributed by atoms with Gasteiger partial charge in [0.2, 0.25) is 0 Å². The Hall–Kier alpha value is -1.18. The molecule has 0 saturated carbocycles. The molecule has 0 amide bonds. The fraction of sp³-hybridized carbons (Fsp3) is 0.769. The highest BCUT2D eigenvalue weighted by molar-refractivity contribution is 5.69. The average Bonchev–Trinajstić information content (AvgIpc) is 2.29. The van der Waals surface area contributed by atoms with Crippen molar-refractivity contribution in [2.24, 2.45) is 0 Å². The van der Waals surface area contributed by atoms with Gasteiger partial charge in [-0.05, 0) is 12.8 Å². The van der Waals surface area contributed by atoms with E-state index < -0.39 is 18.8 Å². The first-order chi connectivity index (χ1) is 8.45. The van der Waals surface area contributed by atoms with Crippen molar-refractivity contribution in [3.8, 4) is 12.3 Å². The van der Waals surface area contributed by atoms with Crippen LogP contribution in [-0.2, 0) is 9.53 Å². The molecule has 5 heteroatoms. The molecule has 0 aromatic carbocycles. The van der Waals surface area contributed by atoms with E-state index in [4.69, 9.17) is 6.42 Å². The van der Waals surface area contributed by atoms with Crippen LogP contribution in [0.25, 0.3) is 0 Å². The standard InChI is InChI=1S/C13H19F3O2/c1-2-3-4-5-6-7-8-9-10-12(17)18-11-13(14,15)16/h1H,3-11H2. The number of carbonyl (C=O) groups is 1. The van der Waals surface area contributed by atoms with Crippen LogP contribution in [0.2, 0.25) is 0 Å². The molecule has 0 unspecified atom stereocenters. The van der Waals surface area contributed by atoms with E-state index in [9.17, 15) is 18.0 Å². The number of unbranched alkanes of at least 4 members (excludes halogenated alkanes) is 6. The molecule has 0 spiro atoms. The third-order valence-corrected chi connectivity index (χ3v) is 2.35. The summed E-state index contributed by atoms with van der Waals surface area (Å²) in [7, 11) is 0. The van der Waals surface area contributed by atoms with Gasteiger partial charge >= 0.3 is 12.1 Å². The van der Waals surface area contributed by atoms with E-state index in [1.165, 1.54) is 0 Å². The van der Waals surface area contributed by atoms with Gasteiger partial charge in [0.15, 0.2) is 6.61 Å². The van der Waals surface area contributed by atoms with Gasteiger partial charge in [0, 0.05) is 12.8 Å². The van der Waals surface area contributed by atoms with Crippen LogP contribution in [0, 0.1) is 12.3 Å². The number of hydrogen-bond donors (Lipinski definition) is 0. The zero-order valence-corrected chi connectivity index (χ0v) is 10.4. The van der Waals surface area contributed by atoms with Gasteiger partial charge in [-0.1, -0.05) is 25.7 Å². The predicted molar refractivity (Wildman–Crippen MR) is 62.8 cm³/mol. The summed E-state index contributed by atoms with van der Waals surface area (Å²) < 4.78 is 39.2. The molecule has 0 heterocycles. The van der Waals surface area contributed by atoms with Crippen LogP contribution >= 0.6 is 0 Å². The Labute approximate surface area is 106 Å². The summed E-state index contributed by atoms with van der Waals surface area (Å²) in [6.45, 7) is -1.49. The van der Waals surface area contributed by atoms with Crippen LogP contribution in [-0.4, -0.2) is 18.8 Å². The summed E-state index contributed by atoms with van der Waals surface area (Å²) in [5.41, 5.74) is 0. The number of carbonyl (C=O) groups excluding carboxylic acids is 1. The minimum absolute atomic E-state index is 0.0560. The average molecular weight is 264 g/mol. The second-order valence-electron chi connectivity index (χ2n) is 4.10. The van der Waals surface area contributed by atoms with Gasteiger partial charge in [-0.25, -0.2) is 0 Å². The Bertz CT molecular complexity index is 266. The smallest absolute Gasteiger partial charge is 0.422 e. The van der Waals surface area contributed by atoms with E-state index in [1.54, 1.807) is 0 Å². The molecule has 0 aliphatic rings. The molecule has 0 aromatic rings. The molecule has 18 heavy (non-hydrogen) atoms. The first-order valence-corrected chi connectivity index (χ1v) is 6.11. The van der Waals surface area contributed by atoms with E-state index in [0.29, 0.717) is 6.42 Å². The van der Waals surface area contributed by atoms with Gasteiger partial charge in [-0.3, -0.25) is 4.79 Å². The first kappa shape index (κ1) is 16.8. The number of alkyl halides is 3. The topological polar surface area (TPSA) is 26.3 Å². The van der Waals surface area contributed by atoms with Crippen LogP contribution < -0.4 is 0 Å². The van der Waals surface area contributed by atoms with Crippen molar-refractivity contribution < 1.29 is 22.7 Å². The van der Waals surface area contributed by atoms with Gasteiger partial charge in [0.05, 0.1) is 0 Å². The van der Waals surface area contributed by atoms with Crippen LogP contribution in [0.4, 0.5) is 13.2 Å². The lowest BCUT2D eigenvalue weighted by Crippen LogP contribution is -2.20. The predicted octanol–water partition coefficient (Wildman–Crippen LogP) is 3.85. The number of esters is 1. The number of ether oxygens (including phenoxy) is 1. The largest absolute Gasteiger partial charge is 0.456 e. The monoisotopic (exact) mass is 264 g/mol. The lowest BCUT2D eigenvalue weighted by atomic mass is 10.1. The molecular formula is C13H19F3O2. The van der Waals surface area contributed by atoms with E-state index in [2.05, 4.69) is 10.7 Å². The molecule has 0 fully saturated rings. The third kappa shape index (κ3) is 12.9. The highest BCUT2D eigenvalue weighted by Gasteiger charge is 2.29. The highest BCUT2D eigenvalue weighted by Crippen LogP contribution is 2.15. The van der Waals surface area contributed by atoms with Crippen molar-refractivity contribution in [1.82, 2.24) is 0 Å². The third-order valence-electron chi connectivity index (χ3n) is 2.35. The number of terminal acetylenes is 1. The quantitative estimate of drug-likeness (QED) is 0.359. The summed E-state index contributed by atoms with van der Waals surface area (Å²) in [5.74, 6) is 1.78. The molecule has 0 radical (unpaired) electrons. The maximum atomic E-state index is 11.7. The van der Waals surface area contributed by atoms with Crippen LogP contribution in [0.5, 0.6) is 0 Å². The van der Waals surface area contributed by atoms with Crippen molar-refractivity contribution in [2.75, 3.05) is 6.61 Å². The van der Waals surface area contributed by atoms with Crippen molar-refractivity contribution in [3.63, 3.8) is 0 Å². The second-order valence-corrected chi connectivity index (χ2v) is 4.10. The van der Waals surface area contributed by atoms with Crippen LogP contribution in [0.1, 0.15) is 51.4 Å². The molecule has 0 rings (SSSR count). The fourth-order valence-electron chi connectivity index (χ4n) is 1.44. The lowest BCUT2D eigenvalue weighted by molar-refractivity contribution is -0.186. The highest BCUT2D eigenvalue weighted by atomic mass is 19.4. The summed E-state index contributed by atoms with van der Waals surface area (Å²) in [6, 6.07) is 0. The molecule has 0 N–H and O–H groups in total. The molecule has 0 bridgehead atoms. The summed E-state index contributed by atoms with van der Waals surface area (Å²) in [4.78, 5) is 10.9. The molecule has 104 valence electrons. The van der Waals surface area contributed by atoms with E-state index in [1.807, 2.05) is 0 Å². The van der Waals surface area contributed by atoms with Gasteiger partial charge in [0.25, 0.3) is 0 Å². The van der Waals surface area contributed by atoms with Crippen molar-refractivity contribution >= 4 is 5.97 Å². The summed E-state index contributed by atoms with van der Waals surface area (Å²) in [6.07, 6.45) is 6.98. The number of rotatable bonds is 9. The molecule has 0 saturated heterocycles. The Morgan fingerprint density at radius 2 is 1.61 bits per heavy atom. The minimum Gasteiger partial charge on any atom is -0.456 e. The SMILES string of the molecule is C#CCCCCCCCCC(=O)OCC(F)(F)F. The van der Waals surface area contributed by atoms with Crippen molar-refractivity contribution in [2.45, 2.75) is 57.5 Å². The first-order valence-electron chi connectivity index (χ1n) is 6.11. The lowest BCUT2D eigenvalue weighted by Gasteiger charge is -2.07. The fourth-order valence-corrected chi connectivity index (χ4v) is 1.44. The second kappa shape index (κ2) is 9.81. The van der Waals surface area contributed by atoms with Gasteiger partial charge in [-0.15, -0.1) is 12.3 Å². The van der Waals surface area contributed by atoms with E-state index in [0.717, 1.165) is 38.5 Å². The van der Waals surface area contributed by atoms with Crippen LogP contribution in [0.3, 0.4) is 0 Å².